The number of hydrogen-bond acceptors (Lipinski definition) is 2. The van der Waals surface area contributed by atoms with Gasteiger partial charge in [-0.15, -0.1) is 6.42 Å². The number of aliphatic hydroxyl groups is 1. The Morgan fingerprint density at radius 2 is 1.79 bits per heavy atom. The molecule has 132 valence electrons. The number of rotatable bonds is 0. The van der Waals surface area contributed by atoms with Crippen molar-refractivity contribution in [3.05, 3.63) is 0 Å². The first-order valence-corrected chi connectivity index (χ1v) is 9.91. The van der Waals surface area contributed by atoms with Crippen molar-refractivity contribution < 1.29 is 9.90 Å². The van der Waals surface area contributed by atoms with Crippen molar-refractivity contribution in [2.45, 2.75) is 84.2 Å². The molecule has 0 heterocycles. The van der Waals surface area contributed by atoms with Crippen LogP contribution in [-0.4, -0.2) is 16.5 Å². The van der Waals surface area contributed by atoms with Crippen LogP contribution in [0.15, 0.2) is 0 Å². The summed E-state index contributed by atoms with van der Waals surface area (Å²) >= 11 is 0. The highest BCUT2D eigenvalue weighted by Crippen LogP contribution is 2.70. The van der Waals surface area contributed by atoms with E-state index in [2.05, 4.69) is 26.7 Å². The fourth-order valence-corrected chi connectivity index (χ4v) is 7.57. The van der Waals surface area contributed by atoms with Crippen molar-refractivity contribution in [1.29, 1.82) is 0 Å². The van der Waals surface area contributed by atoms with E-state index in [1.165, 1.54) is 12.8 Å². The monoisotopic (exact) mass is 328 g/mol. The first kappa shape index (κ1) is 16.6. The molecule has 0 aromatic carbocycles. The van der Waals surface area contributed by atoms with Gasteiger partial charge in [0, 0.05) is 11.8 Å². The van der Waals surface area contributed by atoms with E-state index in [0.717, 1.165) is 44.9 Å². The van der Waals surface area contributed by atoms with Crippen LogP contribution in [-0.2, 0) is 4.79 Å². The minimum absolute atomic E-state index is 0.0422. The Balaban J connectivity index is 1.68. The van der Waals surface area contributed by atoms with Gasteiger partial charge in [0.1, 0.15) is 11.4 Å². The van der Waals surface area contributed by atoms with Crippen LogP contribution in [0.5, 0.6) is 0 Å². The van der Waals surface area contributed by atoms with E-state index in [1.54, 1.807) is 0 Å². The summed E-state index contributed by atoms with van der Waals surface area (Å²) in [5, 5.41) is 10.7. The van der Waals surface area contributed by atoms with Crippen LogP contribution in [0, 0.1) is 46.3 Å². The minimum Gasteiger partial charge on any atom is -0.378 e. The normalized spacial score (nSPS) is 56.8. The molecule has 0 saturated heterocycles. The van der Waals surface area contributed by atoms with E-state index >= 15 is 0 Å². The summed E-state index contributed by atoms with van der Waals surface area (Å²) in [6.07, 6.45) is 14.7. The number of Topliss-reactive ketones (excluding diaryl/α,β-unsaturated/α-hetero) is 1. The molecule has 24 heavy (non-hydrogen) atoms. The molecule has 4 saturated carbocycles. The van der Waals surface area contributed by atoms with Gasteiger partial charge in [-0.3, -0.25) is 4.79 Å². The van der Waals surface area contributed by atoms with Gasteiger partial charge in [-0.2, -0.15) is 0 Å². The molecule has 5 unspecified atom stereocenters. The molecule has 4 aliphatic carbocycles. The number of carbonyl (C=O) groups is 1. The third-order valence-electron chi connectivity index (χ3n) is 9.38. The van der Waals surface area contributed by atoms with E-state index < -0.39 is 5.60 Å². The van der Waals surface area contributed by atoms with E-state index in [0.29, 0.717) is 23.5 Å². The Morgan fingerprint density at radius 3 is 2.50 bits per heavy atom. The van der Waals surface area contributed by atoms with E-state index in [1.807, 2.05) is 0 Å². The Kier molecular flexibility index (Phi) is 3.38. The van der Waals surface area contributed by atoms with Crippen molar-refractivity contribution in [3.63, 3.8) is 0 Å². The molecule has 0 spiro atoms. The Morgan fingerprint density at radius 1 is 1.04 bits per heavy atom. The lowest BCUT2D eigenvalue weighted by Gasteiger charge is -2.65. The Hall–Kier alpha value is -0.810. The number of carbonyl (C=O) groups excluding carboxylic acids is 1. The highest BCUT2D eigenvalue weighted by atomic mass is 16.3. The van der Waals surface area contributed by atoms with Gasteiger partial charge >= 0.3 is 0 Å². The summed E-state index contributed by atoms with van der Waals surface area (Å²) in [5.41, 5.74) is -0.567. The summed E-state index contributed by atoms with van der Waals surface area (Å²) in [6, 6.07) is 0. The molecule has 4 rings (SSSR count). The third-order valence-corrected chi connectivity index (χ3v) is 9.38. The maximum Gasteiger partial charge on any atom is 0.139 e. The van der Waals surface area contributed by atoms with Crippen molar-refractivity contribution in [2.24, 2.45) is 34.0 Å². The zero-order valence-corrected chi connectivity index (χ0v) is 15.5. The Labute approximate surface area is 146 Å². The molecule has 2 heteroatoms. The molecule has 0 aliphatic heterocycles. The molecule has 4 fully saturated rings. The van der Waals surface area contributed by atoms with Gasteiger partial charge in [0.05, 0.1) is 0 Å². The summed E-state index contributed by atoms with van der Waals surface area (Å²) in [6.45, 7) is 7.09. The zero-order valence-electron chi connectivity index (χ0n) is 15.5. The van der Waals surface area contributed by atoms with Crippen LogP contribution in [0.4, 0.5) is 0 Å². The third kappa shape index (κ3) is 1.91. The summed E-state index contributed by atoms with van der Waals surface area (Å²) in [4.78, 5) is 12.5. The smallest absolute Gasteiger partial charge is 0.139 e. The largest absolute Gasteiger partial charge is 0.378 e. The number of terminal acetylenes is 1. The van der Waals surface area contributed by atoms with Crippen LogP contribution < -0.4 is 0 Å². The van der Waals surface area contributed by atoms with Crippen molar-refractivity contribution in [2.75, 3.05) is 0 Å². The molecule has 0 aromatic heterocycles. The van der Waals surface area contributed by atoms with Gasteiger partial charge in [0.15, 0.2) is 0 Å². The molecule has 2 nitrogen and oxygen atoms in total. The topological polar surface area (TPSA) is 37.3 Å². The molecule has 0 aromatic rings. The lowest BCUT2D eigenvalue weighted by atomic mass is 9.39. The predicted molar refractivity (Wildman–Crippen MR) is 95.1 cm³/mol. The maximum absolute atomic E-state index is 12.5. The quantitative estimate of drug-likeness (QED) is 0.671. The molecular formula is C22H32O2. The van der Waals surface area contributed by atoms with Gasteiger partial charge in [0.2, 0.25) is 0 Å². The fraction of sp³-hybridized carbons (Fsp3) is 0.864. The maximum atomic E-state index is 12.5. The van der Waals surface area contributed by atoms with Crippen molar-refractivity contribution in [1.82, 2.24) is 0 Å². The first-order chi connectivity index (χ1) is 11.2. The van der Waals surface area contributed by atoms with Crippen LogP contribution in [0.1, 0.15) is 78.6 Å². The molecule has 0 amide bonds. The van der Waals surface area contributed by atoms with E-state index in [4.69, 9.17) is 6.42 Å². The molecule has 1 N–H and O–H groups in total. The van der Waals surface area contributed by atoms with Gasteiger partial charge < -0.3 is 5.11 Å². The van der Waals surface area contributed by atoms with Gasteiger partial charge in [-0.25, -0.2) is 0 Å². The number of ketones is 1. The van der Waals surface area contributed by atoms with Crippen LogP contribution in [0.3, 0.4) is 0 Å². The Bertz CT molecular complexity index is 618. The molecular weight excluding hydrogens is 296 g/mol. The zero-order chi connectivity index (χ0) is 17.4. The lowest BCUT2D eigenvalue weighted by Crippen LogP contribution is -2.60. The average molecular weight is 328 g/mol. The van der Waals surface area contributed by atoms with Crippen LogP contribution in [0.25, 0.3) is 0 Å². The van der Waals surface area contributed by atoms with Gasteiger partial charge in [-0.05, 0) is 80.0 Å². The van der Waals surface area contributed by atoms with Crippen LogP contribution >= 0.6 is 0 Å². The van der Waals surface area contributed by atoms with Crippen LogP contribution in [0.2, 0.25) is 0 Å². The average Bonchev–Trinajstić information content (AvgIpc) is 2.84. The van der Waals surface area contributed by atoms with E-state index in [-0.39, 0.29) is 16.2 Å². The molecule has 4 aliphatic rings. The molecule has 0 bridgehead atoms. The van der Waals surface area contributed by atoms with Gasteiger partial charge in [0.25, 0.3) is 0 Å². The molecule has 0 radical (unpaired) electrons. The van der Waals surface area contributed by atoms with Crippen molar-refractivity contribution in [3.8, 4) is 12.3 Å². The lowest BCUT2D eigenvalue weighted by molar-refractivity contribution is -0.179. The minimum atomic E-state index is -0.909. The second kappa shape index (κ2) is 4.88. The second-order valence-corrected chi connectivity index (χ2v) is 10.2. The first-order valence-electron chi connectivity index (χ1n) is 9.91. The summed E-state index contributed by atoms with van der Waals surface area (Å²) < 4.78 is 0. The summed E-state index contributed by atoms with van der Waals surface area (Å²) in [5.74, 6) is 5.20. The van der Waals surface area contributed by atoms with Crippen molar-refractivity contribution >= 4 is 5.78 Å². The van der Waals surface area contributed by atoms with Gasteiger partial charge in [-0.1, -0.05) is 26.7 Å². The standard InChI is InChI=1S/C22H32O2/c1-5-22(24)13-12-21(4)17-9-11-20(3)16(6-7-18(20)23)15(17)8-10-19(21,2)14-22/h1,15-17,24H,6-14H2,2-4H3/t15?,16?,17?,19-,20?,21?,22-/m0/s1. The second-order valence-electron chi connectivity index (χ2n) is 10.2. The number of fused-ring (bicyclic) bond motifs is 5. The number of hydrogen-bond donors (Lipinski definition) is 1. The fourth-order valence-electron chi connectivity index (χ4n) is 7.57. The predicted octanol–water partition coefficient (Wildman–Crippen LogP) is 4.35. The highest BCUT2D eigenvalue weighted by molar-refractivity contribution is 5.87. The SMILES string of the molecule is C#C[C@]1(O)CCC2(C)C3CCC4(C)C(=O)CCC4C3CC[C@@]2(C)C1. The highest BCUT2D eigenvalue weighted by Gasteiger charge is 2.64. The summed E-state index contributed by atoms with van der Waals surface area (Å²) in [7, 11) is 0. The van der Waals surface area contributed by atoms with E-state index in [9.17, 15) is 9.90 Å². The molecule has 7 atom stereocenters.